The molecule has 7 heteroatoms. The second-order valence-corrected chi connectivity index (χ2v) is 6.18. The SMILES string of the molecule is CCCCc1cc(NC(=O)c2ccco2)n2nc(-c3ccccc3)nc2n1. The highest BCUT2D eigenvalue weighted by Crippen LogP contribution is 2.20. The monoisotopic (exact) mass is 361 g/mol. The zero-order valence-corrected chi connectivity index (χ0v) is 14.9. The number of amides is 1. The summed E-state index contributed by atoms with van der Waals surface area (Å²) in [6.45, 7) is 2.13. The van der Waals surface area contributed by atoms with E-state index in [1.807, 2.05) is 36.4 Å². The lowest BCUT2D eigenvalue weighted by Crippen LogP contribution is -2.15. The van der Waals surface area contributed by atoms with Gasteiger partial charge in [0.2, 0.25) is 0 Å². The maximum atomic E-state index is 12.4. The van der Waals surface area contributed by atoms with Crippen LogP contribution in [-0.2, 0) is 6.42 Å². The van der Waals surface area contributed by atoms with Gasteiger partial charge < -0.3 is 9.73 Å². The maximum absolute atomic E-state index is 12.4. The second kappa shape index (κ2) is 7.41. The lowest BCUT2D eigenvalue weighted by Gasteiger charge is -2.07. The van der Waals surface area contributed by atoms with Gasteiger partial charge in [0.05, 0.1) is 6.26 Å². The summed E-state index contributed by atoms with van der Waals surface area (Å²) >= 11 is 0. The lowest BCUT2D eigenvalue weighted by atomic mass is 10.2. The highest BCUT2D eigenvalue weighted by atomic mass is 16.3. The predicted molar refractivity (Wildman–Crippen MR) is 101 cm³/mol. The van der Waals surface area contributed by atoms with Gasteiger partial charge in [-0.15, -0.1) is 5.10 Å². The predicted octanol–water partition coefficient (Wildman–Crippen LogP) is 3.98. The Morgan fingerprint density at radius 2 is 2.00 bits per heavy atom. The number of furan rings is 1. The molecule has 0 saturated heterocycles. The number of nitrogens with one attached hydrogen (secondary N) is 1. The maximum Gasteiger partial charge on any atom is 0.292 e. The van der Waals surface area contributed by atoms with Gasteiger partial charge >= 0.3 is 0 Å². The number of hydrogen-bond donors (Lipinski definition) is 1. The van der Waals surface area contributed by atoms with E-state index in [1.54, 1.807) is 16.6 Å². The van der Waals surface area contributed by atoms with Gasteiger partial charge in [0.1, 0.15) is 5.82 Å². The van der Waals surface area contributed by atoms with Crippen LogP contribution < -0.4 is 5.32 Å². The summed E-state index contributed by atoms with van der Waals surface area (Å²) in [7, 11) is 0. The zero-order chi connectivity index (χ0) is 18.6. The van der Waals surface area contributed by atoms with E-state index < -0.39 is 0 Å². The third-order valence-corrected chi connectivity index (χ3v) is 4.17. The van der Waals surface area contributed by atoms with E-state index in [-0.39, 0.29) is 11.7 Å². The number of carbonyl (C=O) groups excluding carboxylic acids is 1. The van der Waals surface area contributed by atoms with Crippen LogP contribution in [0.3, 0.4) is 0 Å². The van der Waals surface area contributed by atoms with Gasteiger partial charge in [-0.3, -0.25) is 4.79 Å². The Hall–Kier alpha value is -3.48. The van der Waals surface area contributed by atoms with Crippen molar-refractivity contribution in [3.05, 3.63) is 66.2 Å². The van der Waals surface area contributed by atoms with Crippen LogP contribution in [0.1, 0.15) is 36.0 Å². The topological polar surface area (TPSA) is 85.3 Å². The molecule has 0 atom stereocenters. The molecule has 27 heavy (non-hydrogen) atoms. The zero-order valence-electron chi connectivity index (χ0n) is 14.9. The summed E-state index contributed by atoms with van der Waals surface area (Å²) in [6, 6.07) is 14.8. The van der Waals surface area contributed by atoms with Gasteiger partial charge in [-0.2, -0.15) is 9.50 Å². The Morgan fingerprint density at radius 3 is 2.74 bits per heavy atom. The van der Waals surface area contributed by atoms with E-state index in [0.29, 0.717) is 17.4 Å². The molecule has 1 amide bonds. The fraction of sp³-hybridized carbons (Fsp3) is 0.200. The van der Waals surface area contributed by atoms with Crippen molar-refractivity contribution in [3.63, 3.8) is 0 Å². The summed E-state index contributed by atoms with van der Waals surface area (Å²) in [5.41, 5.74) is 1.76. The van der Waals surface area contributed by atoms with Crippen LogP contribution >= 0.6 is 0 Å². The first-order chi connectivity index (χ1) is 13.2. The van der Waals surface area contributed by atoms with Crippen LogP contribution in [0, 0.1) is 0 Å². The number of carbonyl (C=O) groups is 1. The van der Waals surface area contributed by atoms with Crippen LogP contribution in [0.4, 0.5) is 5.82 Å². The molecule has 7 nitrogen and oxygen atoms in total. The largest absolute Gasteiger partial charge is 0.459 e. The molecular formula is C20H19N5O2. The van der Waals surface area contributed by atoms with Gasteiger partial charge in [0.15, 0.2) is 11.6 Å². The standard InChI is InChI=1S/C20H19N5O2/c1-2-3-10-15-13-17(22-19(26)16-11-7-12-27-16)25-20(21-15)23-18(24-25)14-8-5-4-6-9-14/h4-9,11-13H,2-3,10H2,1H3,(H,22,26). The molecule has 0 bridgehead atoms. The van der Waals surface area contributed by atoms with Crippen molar-refractivity contribution in [2.24, 2.45) is 0 Å². The van der Waals surface area contributed by atoms with Gasteiger partial charge in [-0.25, -0.2) is 4.98 Å². The summed E-state index contributed by atoms with van der Waals surface area (Å²) in [5.74, 6) is 1.42. The first kappa shape index (κ1) is 17.0. The number of unbranched alkanes of at least 4 members (excludes halogenated alkanes) is 1. The van der Waals surface area contributed by atoms with Crippen molar-refractivity contribution in [2.75, 3.05) is 5.32 Å². The van der Waals surface area contributed by atoms with Crippen LogP contribution in [0.2, 0.25) is 0 Å². The number of rotatable bonds is 6. The highest BCUT2D eigenvalue weighted by Gasteiger charge is 2.16. The van der Waals surface area contributed by atoms with Crippen LogP contribution in [0.15, 0.2) is 59.2 Å². The minimum absolute atomic E-state index is 0.235. The highest BCUT2D eigenvalue weighted by molar-refractivity contribution is 6.01. The number of anilines is 1. The first-order valence-corrected chi connectivity index (χ1v) is 8.91. The fourth-order valence-electron chi connectivity index (χ4n) is 2.79. The van der Waals surface area contributed by atoms with Gasteiger partial charge in [0, 0.05) is 17.3 Å². The van der Waals surface area contributed by atoms with Gasteiger partial charge in [-0.1, -0.05) is 43.7 Å². The molecule has 4 rings (SSSR count). The minimum atomic E-state index is -0.342. The molecule has 3 heterocycles. The molecular weight excluding hydrogens is 342 g/mol. The Labute approximate surface area is 156 Å². The number of benzene rings is 1. The molecule has 0 saturated carbocycles. The van der Waals surface area contributed by atoms with Crippen LogP contribution in [0.25, 0.3) is 17.2 Å². The Kier molecular flexibility index (Phi) is 4.65. The molecule has 3 aromatic heterocycles. The first-order valence-electron chi connectivity index (χ1n) is 8.91. The van der Waals surface area contributed by atoms with Gasteiger partial charge in [-0.05, 0) is 25.0 Å². The number of hydrogen-bond acceptors (Lipinski definition) is 5. The van der Waals surface area contributed by atoms with E-state index in [0.717, 1.165) is 30.5 Å². The van der Waals surface area contributed by atoms with Crippen LogP contribution in [-0.4, -0.2) is 25.5 Å². The molecule has 136 valence electrons. The molecule has 0 radical (unpaired) electrons. The number of fused-ring (bicyclic) bond motifs is 1. The average molecular weight is 361 g/mol. The van der Waals surface area contributed by atoms with Gasteiger partial charge in [0.25, 0.3) is 11.7 Å². The molecule has 0 fully saturated rings. The quantitative estimate of drug-likeness (QED) is 0.561. The van der Waals surface area contributed by atoms with E-state index in [1.165, 1.54) is 6.26 Å². The third-order valence-electron chi connectivity index (χ3n) is 4.17. The Balaban J connectivity index is 1.76. The summed E-state index contributed by atoms with van der Waals surface area (Å²) in [4.78, 5) is 21.6. The smallest absolute Gasteiger partial charge is 0.292 e. The van der Waals surface area contributed by atoms with E-state index in [2.05, 4.69) is 27.3 Å². The number of aryl methyl sites for hydroxylation is 1. The normalized spacial score (nSPS) is 11.0. The fourth-order valence-corrected chi connectivity index (χ4v) is 2.79. The van der Waals surface area contributed by atoms with E-state index in [9.17, 15) is 4.79 Å². The minimum Gasteiger partial charge on any atom is -0.459 e. The molecule has 0 aliphatic heterocycles. The van der Waals surface area contributed by atoms with Crippen molar-refractivity contribution >= 4 is 17.5 Å². The van der Waals surface area contributed by atoms with Crippen molar-refractivity contribution < 1.29 is 9.21 Å². The average Bonchev–Trinajstić information content (AvgIpc) is 3.37. The Bertz CT molecular complexity index is 1050. The Morgan fingerprint density at radius 1 is 1.15 bits per heavy atom. The summed E-state index contributed by atoms with van der Waals surface area (Å²) in [5, 5.41) is 7.39. The molecule has 0 spiro atoms. The lowest BCUT2D eigenvalue weighted by molar-refractivity contribution is 0.0996. The second-order valence-electron chi connectivity index (χ2n) is 6.18. The van der Waals surface area contributed by atoms with Crippen molar-refractivity contribution in [2.45, 2.75) is 26.2 Å². The number of aromatic nitrogens is 4. The van der Waals surface area contributed by atoms with Crippen molar-refractivity contribution in [1.82, 2.24) is 19.6 Å². The number of nitrogens with zero attached hydrogens (tertiary/aromatic N) is 4. The molecule has 1 aromatic carbocycles. The summed E-state index contributed by atoms with van der Waals surface area (Å²) < 4.78 is 6.73. The van der Waals surface area contributed by atoms with E-state index >= 15 is 0 Å². The molecule has 1 N–H and O–H groups in total. The molecule has 0 unspecified atom stereocenters. The van der Waals surface area contributed by atoms with Crippen molar-refractivity contribution in [3.8, 4) is 11.4 Å². The van der Waals surface area contributed by atoms with Crippen molar-refractivity contribution in [1.29, 1.82) is 0 Å². The van der Waals surface area contributed by atoms with E-state index in [4.69, 9.17) is 4.42 Å². The molecule has 0 aliphatic carbocycles. The molecule has 4 aromatic rings. The molecule has 0 aliphatic rings. The van der Waals surface area contributed by atoms with Crippen LogP contribution in [0.5, 0.6) is 0 Å². The summed E-state index contributed by atoms with van der Waals surface area (Å²) in [6.07, 6.45) is 4.34. The third kappa shape index (κ3) is 3.57.